The molecule has 0 saturated carbocycles. The SMILES string of the molecule is COc1ccc(C(=O)OC(CS(=O)(=O)O)C(F)(F)F)cc1. The number of carbonyl (C=O) groups excluding carboxylic acids is 1. The second kappa shape index (κ2) is 6.31. The zero-order valence-electron chi connectivity index (χ0n) is 10.6. The van der Waals surface area contributed by atoms with E-state index in [-0.39, 0.29) is 5.56 Å². The lowest BCUT2D eigenvalue weighted by atomic mass is 10.2. The van der Waals surface area contributed by atoms with E-state index in [0.717, 1.165) is 12.1 Å². The summed E-state index contributed by atoms with van der Waals surface area (Å²) in [5, 5.41) is 0. The molecule has 0 heterocycles. The highest BCUT2D eigenvalue weighted by atomic mass is 32.2. The van der Waals surface area contributed by atoms with Crippen LogP contribution in [0.4, 0.5) is 13.2 Å². The van der Waals surface area contributed by atoms with E-state index in [9.17, 15) is 26.4 Å². The van der Waals surface area contributed by atoms with Gasteiger partial charge in [0.25, 0.3) is 10.1 Å². The third kappa shape index (κ3) is 5.60. The van der Waals surface area contributed by atoms with E-state index in [4.69, 9.17) is 9.29 Å². The molecule has 1 rings (SSSR count). The standard InChI is InChI=1S/C11H11F3O6S/c1-19-8-4-2-7(3-5-8)10(15)20-9(11(12,13)14)6-21(16,17)18/h2-5,9H,6H2,1H3,(H,16,17,18). The number of methoxy groups -OCH3 is 1. The second-order valence-electron chi connectivity index (χ2n) is 3.91. The molecule has 0 amide bonds. The molecular weight excluding hydrogens is 317 g/mol. The maximum Gasteiger partial charge on any atom is 0.426 e. The first-order chi connectivity index (χ1) is 9.53. The molecule has 118 valence electrons. The van der Waals surface area contributed by atoms with Crippen molar-refractivity contribution in [1.82, 2.24) is 0 Å². The van der Waals surface area contributed by atoms with Crippen molar-refractivity contribution in [3.05, 3.63) is 29.8 Å². The Kier molecular flexibility index (Phi) is 5.18. The summed E-state index contributed by atoms with van der Waals surface area (Å²) in [5.41, 5.74) is -0.222. The van der Waals surface area contributed by atoms with Gasteiger partial charge in [-0.1, -0.05) is 0 Å². The molecule has 1 aromatic rings. The summed E-state index contributed by atoms with van der Waals surface area (Å²) in [6.45, 7) is 0. The second-order valence-corrected chi connectivity index (χ2v) is 5.41. The lowest BCUT2D eigenvalue weighted by Gasteiger charge is -2.19. The monoisotopic (exact) mass is 328 g/mol. The molecule has 0 fully saturated rings. The number of rotatable bonds is 5. The van der Waals surface area contributed by atoms with Gasteiger partial charge in [0.15, 0.2) is 0 Å². The van der Waals surface area contributed by atoms with Crippen molar-refractivity contribution in [2.24, 2.45) is 0 Å². The van der Waals surface area contributed by atoms with Crippen LogP contribution in [0.1, 0.15) is 10.4 Å². The van der Waals surface area contributed by atoms with E-state index < -0.39 is 34.1 Å². The highest BCUT2D eigenvalue weighted by molar-refractivity contribution is 7.85. The van der Waals surface area contributed by atoms with E-state index in [0.29, 0.717) is 5.75 Å². The molecule has 0 aliphatic rings. The van der Waals surface area contributed by atoms with Gasteiger partial charge < -0.3 is 9.47 Å². The van der Waals surface area contributed by atoms with Crippen LogP contribution in [0.3, 0.4) is 0 Å². The molecule has 0 radical (unpaired) electrons. The summed E-state index contributed by atoms with van der Waals surface area (Å²) in [6.07, 6.45) is -8.08. The van der Waals surface area contributed by atoms with Gasteiger partial charge in [0.05, 0.1) is 12.7 Å². The summed E-state index contributed by atoms with van der Waals surface area (Å²) in [6, 6.07) is 4.95. The van der Waals surface area contributed by atoms with E-state index in [1.54, 1.807) is 0 Å². The number of alkyl halides is 3. The molecule has 0 aliphatic heterocycles. The number of ether oxygens (including phenoxy) is 2. The van der Waals surface area contributed by atoms with Gasteiger partial charge >= 0.3 is 12.1 Å². The average molecular weight is 328 g/mol. The Balaban J connectivity index is 2.89. The molecule has 10 heteroatoms. The Labute approximate surface area is 118 Å². The van der Waals surface area contributed by atoms with Crippen molar-refractivity contribution in [3.63, 3.8) is 0 Å². The van der Waals surface area contributed by atoms with E-state index in [2.05, 4.69) is 4.74 Å². The van der Waals surface area contributed by atoms with Crippen LogP contribution in [0.5, 0.6) is 5.75 Å². The molecule has 1 atom stereocenters. The number of hydrogen-bond donors (Lipinski definition) is 1. The summed E-state index contributed by atoms with van der Waals surface area (Å²) >= 11 is 0. The van der Waals surface area contributed by atoms with Gasteiger partial charge in [-0.25, -0.2) is 4.79 Å². The largest absolute Gasteiger partial charge is 0.497 e. The maximum absolute atomic E-state index is 12.6. The fourth-order valence-corrected chi connectivity index (χ4v) is 1.95. The molecule has 6 nitrogen and oxygen atoms in total. The minimum Gasteiger partial charge on any atom is -0.497 e. The van der Waals surface area contributed by atoms with Crippen molar-refractivity contribution < 1.29 is 40.4 Å². The number of hydrogen-bond acceptors (Lipinski definition) is 5. The first kappa shape index (κ1) is 17.2. The Morgan fingerprint density at radius 1 is 1.29 bits per heavy atom. The first-order valence-corrected chi connectivity index (χ1v) is 7.01. The molecule has 21 heavy (non-hydrogen) atoms. The Morgan fingerprint density at radius 3 is 2.19 bits per heavy atom. The van der Waals surface area contributed by atoms with Gasteiger partial charge in [-0.3, -0.25) is 4.55 Å². The zero-order valence-corrected chi connectivity index (χ0v) is 11.4. The molecule has 0 bridgehead atoms. The van der Waals surface area contributed by atoms with Crippen LogP contribution in [0.2, 0.25) is 0 Å². The Bertz CT molecular complexity index is 593. The van der Waals surface area contributed by atoms with Crippen molar-refractivity contribution in [3.8, 4) is 5.75 Å². The van der Waals surface area contributed by atoms with Crippen molar-refractivity contribution in [1.29, 1.82) is 0 Å². The topological polar surface area (TPSA) is 89.9 Å². The maximum atomic E-state index is 12.6. The zero-order chi connectivity index (χ0) is 16.3. The first-order valence-electron chi connectivity index (χ1n) is 5.40. The molecule has 0 aromatic heterocycles. The summed E-state index contributed by atoms with van der Waals surface area (Å²) in [4.78, 5) is 11.5. The number of halogens is 3. The summed E-state index contributed by atoms with van der Waals surface area (Å²) in [5.74, 6) is -2.77. The van der Waals surface area contributed by atoms with Crippen molar-refractivity contribution in [2.45, 2.75) is 12.3 Å². The lowest BCUT2D eigenvalue weighted by molar-refractivity contribution is -0.197. The Hall–Kier alpha value is -1.81. The minimum atomic E-state index is -5.13. The summed E-state index contributed by atoms with van der Waals surface area (Å²) in [7, 11) is -3.60. The van der Waals surface area contributed by atoms with Crippen LogP contribution in [0, 0.1) is 0 Å². The van der Waals surface area contributed by atoms with Crippen LogP contribution >= 0.6 is 0 Å². The fraction of sp³-hybridized carbons (Fsp3) is 0.364. The number of benzene rings is 1. The third-order valence-corrected chi connectivity index (χ3v) is 3.03. The lowest BCUT2D eigenvalue weighted by Crippen LogP contribution is -2.39. The number of esters is 1. The van der Waals surface area contributed by atoms with Crippen LogP contribution in [0.25, 0.3) is 0 Å². The van der Waals surface area contributed by atoms with Crippen LogP contribution < -0.4 is 4.74 Å². The van der Waals surface area contributed by atoms with Crippen LogP contribution in [0.15, 0.2) is 24.3 Å². The highest BCUT2D eigenvalue weighted by Crippen LogP contribution is 2.25. The van der Waals surface area contributed by atoms with Crippen molar-refractivity contribution in [2.75, 3.05) is 12.9 Å². The molecule has 0 saturated heterocycles. The summed E-state index contributed by atoms with van der Waals surface area (Å²) < 4.78 is 76.2. The van der Waals surface area contributed by atoms with Crippen LogP contribution in [-0.4, -0.2) is 44.1 Å². The average Bonchev–Trinajstić information content (AvgIpc) is 2.35. The smallest absolute Gasteiger partial charge is 0.426 e. The van der Waals surface area contributed by atoms with Gasteiger partial charge in [0.2, 0.25) is 6.10 Å². The van der Waals surface area contributed by atoms with E-state index in [1.165, 1.54) is 19.2 Å². The highest BCUT2D eigenvalue weighted by Gasteiger charge is 2.45. The van der Waals surface area contributed by atoms with E-state index >= 15 is 0 Å². The van der Waals surface area contributed by atoms with Gasteiger partial charge in [-0.05, 0) is 24.3 Å². The molecule has 1 N–H and O–H groups in total. The molecule has 0 aliphatic carbocycles. The van der Waals surface area contributed by atoms with Gasteiger partial charge in [0.1, 0.15) is 11.5 Å². The predicted octanol–water partition coefficient (Wildman–Crippen LogP) is 1.67. The van der Waals surface area contributed by atoms with E-state index in [1.807, 2.05) is 0 Å². The third-order valence-electron chi connectivity index (χ3n) is 2.30. The molecule has 1 unspecified atom stereocenters. The Morgan fingerprint density at radius 2 is 1.81 bits per heavy atom. The molecule has 0 spiro atoms. The molecular formula is C11H11F3O6S. The van der Waals surface area contributed by atoms with Gasteiger partial charge in [-0.2, -0.15) is 21.6 Å². The van der Waals surface area contributed by atoms with Crippen LogP contribution in [-0.2, 0) is 14.9 Å². The predicted molar refractivity (Wildman–Crippen MR) is 64.7 cm³/mol. The normalized spacial score (nSPS) is 13.6. The van der Waals surface area contributed by atoms with Gasteiger partial charge in [0, 0.05) is 0 Å². The quantitative estimate of drug-likeness (QED) is 0.653. The van der Waals surface area contributed by atoms with Crippen molar-refractivity contribution >= 4 is 16.1 Å². The minimum absolute atomic E-state index is 0.222. The fourth-order valence-electron chi connectivity index (χ4n) is 1.31. The van der Waals surface area contributed by atoms with Gasteiger partial charge in [-0.15, -0.1) is 0 Å². The number of carbonyl (C=O) groups is 1. The molecule has 1 aromatic carbocycles.